The highest BCUT2D eigenvalue weighted by Gasteiger charge is 2.03. The molecule has 4 heteroatoms. The summed E-state index contributed by atoms with van der Waals surface area (Å²) in [7, 11) is 0. The first-order chi connectivity index (χ1) is 10.2. The van der Waals surface area contributed by atoms with Gasteiger partial charge in [-0.2, -0.15) is 0 Å². The summed E-state index contributed by atoms with van der Waals surface area (Å²) in [4.78, 5) is 11.9. The molecule has 0 saturated carbocycles. The van der Waals surface area contributed by atoms with Gasteiger partial charge < -0.3 is 10.6 Å². The molecule has 0 heterocycles. The average Bonchev–Trinajstić information content (AvgIpc) is 2.46. The van der Waals surface area contributed by atoms with Crippen LogP contribution in [0, 0.1) is 0 Å². The smallest absolute Gasteiger partial charge is 0.308 e. The van der Waals surface area contributed by atoms with Gasteiger partial charge in [0.1, 0.15) is 0 Å². The summed E-state index contributed by atoms with van der Waals surface area (Å²) < 4.78 is 0.931. The minimum atomic E-state index is -0.241. The maximum absolute atomic E-state index is 11.9. The minimum Gasteiger partial charge on any atom is -0.308 e. The SMILES string of the molecule is CCCCc1ccc(NC(=O)Nc2cccc(Br)c2)cc1. The number of amides is 2. The normalized spacial score (nSPS) is 10.2. The molecule has 2 N–H and O–H groups in total. The number of benzene rings is 2. The molecule has 0 unspecified atom stereocenters. The number of anilines is 2. The molecule has 2 aromatic rings. The van der Waals surface area contributed by atoms with Gasteiger partial charge in [0.15, 0.2) is 0 Å². The Balaban J connectivity index is 1.90. The lowest BCUT2D eigenvalue weighted by atomic mass is 10.1. The van der Waals surface area contributed by atoms with Crippen molar-refractivity contribution < 1.29 is 4.79 Å². The number of aryl methyl sites for hydroxylation is 1. The predicted octanol–water partition coefficient (Wildman–Crippen LogP) is 5.44. The van der Waals surface area contributed by atoms with Gasteiger partial charge in [-0.05, 0) is 48.7 Å². The van der Waals surface area contributed by atoms with Crippen LogP contribution in [0.5, 0.6) is 0 Å². The Kier molecular flexibility index (Phi) is 5.81. The second-order valence-electron chi connectivity index (χ2n) is 4.89. The highest BCUT2D eigenvalue weighted by atomic mass is 79.9. The number of urea groups is 1. The summed E-state index contributed by atoms with van der Waals surface area (Å²) in [5.41, 5.74) is 2.85. The maximum atomic E-state index is 11.9. The number of rotatable bonds is 5. The average molecular weight is 347 g/mol. The number of carbonyl (C=O) groups excluding carboxylic acids is 1. The van der Waals surface area contributed by atoms with Crippen LogP contribution in [0.25, 0.3) is 0 Å². The molecule has 110 valence electrons. The van der Waals surface area contributed by atoms with E-state index in [0.29, 0.717) is 0 Å². The molecule has 0 atom stereocenters. The number of nitrogens with one attached hydrogen (secondary N) is 2. The lowest BCUT2D eigenvalue weighted by Gasteiger charge is -2.08. The molecule has 0 spiro atoms. The van der Waals surface area contributed by atoms with Gasteiger partial charge in [0, 0.05) is 15.8 Å². The molecule has 21 heavy (non-hydrogen) atoms. The topological polar surface area (TPSA) is 41.1 Å². The van der Waals surface area contributed by atoms with Gasteiger partial charge in [0.25, 0.3) is 0 Å². The van der Waals surface area contributed by atoms with E-state index in [1.54, 1.807) is 0 Å². The summed E-state index contributed by atoms with van der Waals surface area (Å²) in [6.07, 6.45) is 3.46. The van der Waals surface area contributed by atoms with E-state index in [1.807, 2.05) is 36.4 Å². The van der Waals surface area contributed by atoms with E-state index >= 15 is 0 Å². The van der Waals surface area contributed by atoms with E-state index in [4.69, 9.17) is 0 Å². The monoisotopic (exact) mass is 346 g/mol. The van der Waals surface area contributed by atoms with Crippen LogP contribution in [0.3, 0.4) is 0 Å². The second-order valence-corrected chi connectivity index (χ2v) is 5.81. The summed E-state index contributed by atoms with van der Waals surface area (Å²) in [6, 6.07) is 15.2. The van der Waals surface area contributed by atoms with Crippen molar-refractivity contribution in [2.75, 3.05) is 10.6 Å². The Morgan fingerprint density at radius 3 is 2.43 bits per heavy atom. The zero-order chi connectivity index (χ0) is 15.1. The van der Waals surface area contributed by atoms with E-state index in [-0.39, 0.29) is 6.03 Å². The third-order valence-corrected chi connectivity index (χ3v) is 3.61. The third kappa shape index (κ3) is 5.23. The molecule has 2 rings (SSSR count). The first-order valence-corrected chi connectivity index (χ1v) is 7.89. The molecule has 0 aliphatic heterocycles. The fourth-order valence-corrected chi connectivity index (χ4v) is 2.39. The largest absolute Gasteiger partial charge is 0.323 e. The van der Waals surface area contributed by atoms with Gasteiger partial charge in [0.05, 0.1) is 0 Å². The van der Waals surface area contributed by atoms with Crippen LogP contribution in [-0.4, -0.2) is 6.03 Å². The standard InChI is InChI=1S/C17H19BrN2O/c1-2-3-5-13-8-10-15(11-9-13)19-17(21)20-16-7-4-6-14(18)12-16/h4,6-12H,2-3,5H2,1H3,(H2,19,20,21). The second kappa shape index (κ2) is 7.84. The Morgan fingerprint density at radius 2 is 1.76 bits per heavy atom. The number of carbonyl (C=O) groups is 1. The number of halogens is 1. The van der Waals surface area contributed by atoms with Crippen LogP contribution in [0.2, 0.25) is 0 Å². The first-order valence-electron chi connectivity index (χ1n) is 7.10. The molecule has 0 aromatic heterocycles. The number of hydrogen-bond donors (Lipinski definition) is 2. The van der Waals surface area contributed by atoms with Crippen LogP contribution in [0.4, 0.5) is 16.2 Å². The van der Waals surface area contributed by atoms with Gasteiger partial charge in [-0.3, -0.25) is 0 Å². The van der Waals surface area contributed by atoms with E-state index in [1.165, 1.54) is 18.4 Å². The van der Waals surface area contributed by atoms with E-state index in [9.17, 15) is 4.79 Å². The van der Waals surface area contributed by atoms with Crippen molar-refractivity contribution in [2.45, 2.75) is 26.2 Å². The molecule has 2 aromatic carbocycles. The van der Waals surface area contributed by atoms with Crippen molar-refractivity contribution in [2.24, 2.45) is 0 Å². The Bertz CT molecular complexity index is 596. The van der Waals surface area contributed by atoms with Crippen molar-refractivity contribution in [3.8, 4) is 0 Å². The Labute approximate surface area is 133 Å². The lowest BCUT2D eigenvalue weighted by Crippen LogP contribution is -2.19. The van der Waals surface area contributed by atoms with Crippen molar-refractivity contribution in [1.29, 1.82) is 0 Å². The maximum Gasteiger partial charge on any atom is 0.323 e. The highest BCUT2D eigenvalue weighted by molar-refractivity contribution is 9.10. The summed E-state index contributed by atoms with van der Waals surface area (Å²) in [5, 5.41) is 5.63. The summed E-state index contributed by atoms with van der Waals surface area (Å²) in [5.74, 6) is 0. The number of unbranched alkanes of at least 4 members (excludes halogenated alkanes) is 1. The van der Waals surface area contributed by atoms with Gasteiger partial charge in [-0.25, -0.2) is 4.79 Å². The van der Waals surface area contributed by atoms with Crippen LogP contribution < -0.4 is 10.6 Å². The molecule has 2 amide bonds. The molecule has 3 nitrogen and oxygen atoms in total. The van der Waals surface area contributed by atoms with Crippen molar-refractivity contribution in [3.63, 3.8) is 0 Å². The van der Waals surface area contributed by atoms with Crippen molar-refractivity contribution in [3.05, 3.63) is 58.6 Å². The van der Waals surface area contributed by atoms with Crippen molar-refractivity contribution >= 4 is 33.3 Å². The molecule has 0 saturated heterocycles. The van der Waals surface area contributed by atoms with Crippen LogP contribution in [0.1, 0.15) is 25.3 Å². The molecule has 0 radical (unpaired) electrons. The quantitative estimate of drug-likeness (QED) is 0.743. The molecule has 0 aliphatic rings. The zero-order valence-electron chi connectivity index (χ0n) is 12.0. The van der Waals surface area contributed by atoms with Gasteiger partial charge >= 0.3 is 6.03 Å². The van der Waals surface area contributed by atoms with Crippen LogP contribution >= 0.6 is 15.9 Å². The van der Waals surface area contributed by atoms with E-state index < -0.39 is 0 Å². The lowest BCUT2D eigenvalue weighted by molar-refractivity contribution is 0.262. The van der Waals surface area contributed by atoms with Crippen LogP contribution in [0.15, 0.2) is 53.0 Å². The summed E-state index contributed by atoms with van der Waals surface area (Å²) in [6.45, 7) is 2.18. The molecule has 0 aliphatic carbocycles. The molecule has 0 bridgehead atoms. The minimum absolute atomic E-state index is 0.241. The van der Waals surface area contributed by atoms with E-state index in [2.05, 4.69) is 45.6 Å². The fourth-order valence-electron chi connectivity index (χ4n) is 2.00. The third-order valence-electron chi connectivity index (χ3n) is 3.11. The Hall–Kier alpha value is -1.81. The first kappa shape index (κ1) is 15.6. The number of hydrogen-bond acceptors (Lipinski definition) is 1. The zero-order valence-corrected chi connectivity index (χ0v) is 13.6. The fraction of sp³-hybridized carbons (Fsp3) is 0.235. The molecule has 0 fully saturated rings. The predicted molar refractivity (Wildman–Crippen MR) is 91.8 cm³/mol. The highest BCUT2D eigenvalue weighted by Crippen LogP contribution is 2.16. The van der Waals surface area contributed by atoms with Crippen molar-refractivity contribution in [1.82, 2.24) is 0 Å². The van der Waals surface area contributed by atoms with Gasteiger partial charge in [-0.15, -0.1) is 0 Å². The van der Waals surface area contributed by atoms with Crippen LogP contribution in [-0.2, 0) is 6.42 Å². The van der Waals surface area contributed by atoms with Gasteiger partial charge in [-0.1, -0.05) is 47.5 Å². The molecular formula is C17H19BrN2O. The van der Waals surface area contributed by atoms with Gasteiger partial charge in [0.2, 0.25) is 0 Å². The molecular weight excluding hydrogens is 328 g/mol. The van der Waals surface area contributed by atoms with E-state index in [0.717, 1.165) is 22.3 Å². The summed E-state index contributed by atoms with van der Waals surface area (Å²) >= 11 is 3.38. The Morgan fingerprint density at radius 1 is 1.05 bits per heavy atom.